The third kappa shape index (κ3) is 4.46. The van der Waals surface area contributed by atoms with E-state index in [0.717, 1.165) is 12.1 Å². The highest BCUT2D eigenvalue weighted by molar-refractivity contribution is 5.84. The van der Waals surface area contributed by atoms with Crippen LogP contribution in [-0.2, 0) is 5.41 Å². The van der Waals surface area contributed by atoms with Gasteiger partial charge in [0.25, 0.3) is 0 Å². The van der Waals surface area contributed by atoms with E-state index in [2.05, 4.69) is 24.5 Å². The molecule has 1 amide bonds. The Hall–Kier alpha value is -1.55. The van der Waals surface area contributed by atoms with E-state index in [9.17, 15) is 4.79 Å². The van der Waals surface area contributed by atoms with Gasteiger partial charge in [-0.25, -0.2) is 4.79 Å². The number of hydrogen-bond acceptors (Lipinski definition) is 2. The van der Waals surface area contributed by atoms with Crippen molar-refractivity contribution in [1.29, 1.82) is 0 Å². The molecule has 0 saturated heterocycles. The molecule has 0 atom stereocenters. The number of anilines is 1. The maximum Gasteiger partial charge on any atom is 0.409 e. The van der Waals surface area contributed by atoms with Crippen molar-refractivity contribution in [2.45, 2.75) is 57.4 Å². The van der Waals surface area contributed by atoms with Crippen molar-refractivity contribution < 1.29 is 9.90 Å². The monoisotopic (exact) mass is 290 g/mol. The fraction of sp³-hybridized carbons (Fsp3) is 0.588. The summed E-state index contributed by atoms with van der Waals surface area (Å²) < 4.78 is 0. The molecule has 3 N–H and O–H groups in total. The van der Waals surface area contributed by atoms with Crippen molar-refractivity contribution in [1.82, 2.24) is 5.32 Å². The molecule has 1 aromatic rings. The first-order valence-electron chi connectivity index (χ1n) is 7.82. The molecule has 21 heavy (non-hydrogen) atoms. The highest BCUT2D eigenvalue weighted by Crippen LogP contribution is 2.30. The summed E-state index contributed by atoms with van der Waals surface area (Å²) in [5.41, 5.74) is 1.60. The average Bonchev–Trinajstić information content (AvgIpc) is 2.46. The zero-order valence-corrected chi connectivity index (χ0v) is 13.0. The number of carbonyl (C=O) groups is 1. The van der Waals surface area contributed by atoms with E-state index in [1.165, 1.54) is 32.1 Å². The Balaban J connectivity index is 2.05. The van der Waals surface area contributed by atoms with Gasteiger partial charge in [0, 0.05) is 23.7 Å². The minimum Gasteiger partial charge on any atom is -0.465 e. The van der Waals surface area contributed by atoms with Gasteiger partial charge in [-0.05, 0) is 24.5 Å². The highest BCUT2D eigenvalue weighted by atomic mass is 16.4. The molecule has 4 nitrogen and oxygen atoms in total. The Morgan fingerprint density at radius 2 is 1.90 bits per heavy atom. The zero-order chi connectivity index (χ0) is 15.3. The summed E-state index contributed by atoms with van der Waals surface area (Å²) in [7, 11) is 0. The van der Waals surface area contributed by atoms with Crippen LogP contribution in [0.25, 0.3) is 0 Å². The molecule has 0 radical (unpaired) electrons. The lowest BCUT2D eigenvalue weighted by molar-refractivity contribution is 0.209. The zero-order valence-electron chi connectivity index (χ0n) is 13.0. The first kappa shape index (κ1) is 15.8. The van der Waals surface area contributed by atoms with E-state index in [1.54, 1.807) is 0 Å². The van der Waals surface area contributed by atoms with E-state index in [4.69, 9.17) is 5.11 Å². The molecule has 1 aliphatic rings. The topological polar surface area (TPSA) is 61.4 Å². The van der Waals surface area contributed by atoms with Gasteiger partial charge < -0.3 is 10.4 Å². The van der Waals surface area contributed by atoms with Crippen molar-refractivity contribution >= 4 is 11.8 Å². The normalized spacial score (nSPS) is 16.7. The Kier molecular flexibility index (Phi) is 5.23. The van der Waals surface area contributed by atoms with Crippen LogP contribution in [0.5, 0.6) is 0 Å². The maximum atomic E-state index is 10.9. The minimum atomic E-state index is -1.02. The molecule has 0 heterocycles. The lowest BCUT2D eigenvalue weighted by Gasteiger charge is -2.31. The molecule has 0 aliphatic heterocycles. The smallest absolute Gasteiger partial charge is 0.409 e. The SMILES string of the molecule is CC(C)(CNC1CCCCC1)c1ccccc1NC(=O)O. The van der Waals surface area contributed by atoms with E-state index in [0.29, 0.717) is 11.7 Å². The summed E-state index contributed by atoms with van der Waals surface area (Å²) in [6, 6.07) is 8.27. The summed E-state index contributed by atoms with van der Waals surface area (Å²) in [6.07, 6.45) is 5.48. The first-order valence-corrected chi connectivity index (χ1v) is 7.82. The van der Waals surface area contributed by atoms with Crippen LogP contribution in [0.2, 0.25) is 0 Å². The summed E-state index contributed by atoms with van der Waals surface area (Å²) in [5, 5.41) is 15.1. The third-order valence-electron chi connectivity index (χ3n) is 4.34. The number of hydrogen-bond donors (Lipinski definition) is 3. The number of nitrogens with one attached hydrogen (secondary N) is 2. The Bertz CT molecular complexity index is 479. The Morgan fingerprint density at radius 3 is 2.57 bits per heavy atom. The predicted molar refractivity (Wildman–Crippen MR) is 86.0 cm³/mol. The van der Waals surface area contributed by atoms with E-state index >= 15 is 0 Å². The van der Waals surface area contributed by atoms with Gasteiger partial charge >= 0.3 is 6.09 Å². The summed E-state index contributed by atoms with van der Waals surface area (Å²) in [4.78, 5) is 10.9. The van der Waals surface area contributed by atoms with Crippen LogP contribution >= 0.6 is 0 Å². The summed E-state index contributed by atoms with van der Waals surface area (Å²) in [6.45, 7) is 5.17. The van der Waals surface area contributed by atoms with Gasteiger partial charge in [0.15, 0.2) is 0 Å². The second-order valence-electron chi connectivity index (χ2n) is 6.58. The molecule has 116 valence electrons. The highest BCUT2D eigenvalue weighted by Gasteiger charge is 2.25. The lowest BCUT2D eigenvalue weighted by Crippen LogP contribution is -2.40. The van der Waals surface area contributed by atoms with Gasteiger partial charge in [-0.15, -0.1) is 0 Å². The second kappa shape index (κ2) is 6.94. The molecule has 0 aromatic heterocycles. The number of carboxylic acid groups (broad SMARTS) is 1. The molecule has 1 saturated carbocycles. The van der Waals surface area contributed by atoms with Crippen LogP contribution in [0.4, 0.5) is 10.5 Å². The third-order valence-corrected chi connectivity index (χ3v) is 4.34. The van der Waals surface area contributed by atoms with Crippen LogP contribution < -0.4 is 10.6 Å². The van der Waals surface area contributed by atoms with Crippen LogP contribution in [-0.4, -0.2) is 23.8 Å². The standard InChI is InChI=1S/C17H26N2O2/c1-17(2,12-18-13-8-4-3-5-9-13)14-10-6-7-11-15(14)19-16(20)21/h6-7,10-11,13,18-19H,3-5,8-9,12H2,1-2H3,(H,20,21). The number of rotatable bonds is 5. The van der Waals surface area contributed by atoms with Crippen molar-refractivity contribution in [2.75, 3.05) is 11.9 Å². The van der Waals surface area contributed by atoms with Crippen molar-refractivity contribution in [2.24, 2.45) is 0 Å². The van der Waals surface area contributed by atoms with E-state index in [-0.39, 0.29) is 5.41 Å². The largest absolute Gasteiger partial charge is 0.465 e. The first-order chi connectivity index (χ1) is 9.99. The summed E-state index contributed by atoms with van der Waals surface area (Å²) in [5.74, 6) is 0. The van der Waals surface area contributed by atoms with Crippen LogP contribution in [0, 0.1) is 0 Å². The molecular formula is C17H26N2O2. The fourth-order valence-electron chi connectivity index (χ4n) is 3.10. The van der Waals surface area contributed by atoms with Crippen LogP contribution in [0.15, 0.2) is 24.3 Å². The molecule has 0 bridgehead atoms. The molecular weight excluding hydrogens is 264 g/mol. The maximum absolute atomic E-state index is 10.9. The quantitative estimate of drug-likeness (QED) is 0.768. The molecule has 0 unspecified atom stereocenters. The summed E-state index contributed by atoms with van der Waals surface area (Å²) >= 11 is 0. The number of benzene rings is 1. The van der Waals surface area contributed by atoms with Crippen molar-refractivity contribution in [3.63, 3.8) is 0 Å². The molecule has 4 heteroatoms. The lowest BCUT2D eigenvalue weighted by atomic mass is 9.82. The van der Waals surface area contributed by atoms with Crippen LogP contribution in [0.1, 0.15) is 51.5 Å². The van der Waals surface area contributed by atoms with Crippen molar-refractivity contribution in [3.05, 3.63) is 29.8 Å². The predicted octanol–water partition coefficient (Wildman–Crippen LogP) is 3.98. The van der Waals surface area contributed by atoms with Gasteiger partial charge in [-0.2, -0.15) is 0 Å². The fourth-order valence-corrected chi connectivity index (χ4v) is 3.10. The van der Waals surface area contributed by atoms with Crippen LogP contribution in [0.3, 0.4) is 0 Å². The van der Waals surface area contributed by atoms with Gasteiger partial charge in [-0.1, -0.05) is 51.3 Å². The molecule has 1 fully saturated rings. The van der Waals surface area contributed by atoms with E-state index < -0.39 is 6.09 Å². The van der Waals surface area contributed by atoms with Gasteiger partial charge in [-0.3, -0.25) is 5.32 Å². The van der Waals surface area contributed by atoms with Gasteiger partial charge in [0.05, 0.1) is 0 Å². The Morgan fingerprint density at radius 1 is 1.24 bits per heavy atom. The molecule has 0 spiro atoms. The second-order valence-corrected chi connectivity index (χ2v) is 6.58. The molecule has 1 aromatic carbocycles. The average molecular weight is 290 g/mol. The number of para-hydroxylation sites is 1. The Labute approximate surface area is 126 Å². The molecule has 1 aliphatic carbocycles. The number of amides is 1. The minimum absolute atomic E-state index is 0.115. The van der Waals surface area contributed by atoms with Crippen molar-refractivity contribution in [3.8, 4) is 0 Å². The van der Waals surface area contributed by atoms with E-state index in [1.807, 2.05) is 24.3 Å². The van der Waals surface area contributed by atoms with Gasteiger partial charge in [0.2, 0.25) is 0 Å². The van der Waals surface area contributed by atoms with Gasteiger partial charge in [0.1, 0.15) is 0 Å². The molecule has 2 rings (SSSR count).